The van der Waals surface area contributed by atoms with Crippen molar-refractivity contribution in [3.05, 3.63) is 35.9 Å². The molecule has 2 aliphatic rings. The second kappa shape index (κ2) is 6.71. The molecule has 2 atom stereocenters. The molecule has 1 aromatic rings. The maximum atomic E-state index is 13.0. The van der Waals surface area contributed by atoms with E-state index in [0.717, 1.165) is 31.5 Å². The second-order valence-corrected chi connectivity index (χ2v) is 6.60. The predicted molar refractivity (Wildman–Crippen MR) is 86.7 cm³/mol. The molecule has 5 heteroatoms. The van der Waals surface area contributed by atoms with Crippen molar-refractivity contribution in [2.24, 2.45) is 5.92 Å². The van der Waals surface area contributed by atoms with E-state index in [-0.39, 0.29) is 24.5 Å². The summed E-state index contributed by atoms with van der Waals surface area (Å²) in [6.07, 6.45) is 1.44. The molecule has 2 fully saturated rings. The van der Waals surface area contributed by atoms with Crippen LogP contribution in [-0.4, -0.2) is 54.5 Å². The molecule has 0 N–H and O–H groups in total. The van der Waals surface area contributed by atoms with E-state index in [4.69, 9.17) is 4.74 Å². The van der Waals surface area contributed by atoms with Crippen molar-refractivity contribution < 1.29 is 14.3 Å². The number of carbonyl (C=O) groups excluding carboxylic acids is 2. The largest absolute Gasteiger partial charge is 0.356 e. The van der Waals surface area contributed by atoms with Gasteiger partial charge in [0.25, 0.3) is 5.91 Å². The smallest absolute Gasteiger partial charge is 0.254 e. The van der Waals surface area contributed by atoms with Crippen LogP contribution in [0, 0.1) is 5.92 Å². The fourth-order valence-corrected chi connectivity index (χ4v) is 3.38. The average molecular weight is 316 g/mol. The van der Waals surface area contributed by atoms with Gasteiger partial charge < -0.3 is 14.5 Å². The fraction of sp³-hybridized carbons (Fsp3) is 0.556. The summed E-state index contributed by atoms with van der Waals surface area (Å²) in [5.41, 5.74) is 0.937. The van der Waals surface area contributed by atoms with Gasteiger partial charge in [0, 0.05) is 20.1 Å². The predicted octanol–water partition coefficient (Wildman–Crippen LogP) is 1.84. The number of amides is 2. The minimum Gasteiger partial charge on any atom is -0.356 e. The summed E-state index contributed by atoms with van der Waals surface area (Å²) in [5.74, 6) is 0.584. The summed E-state index contributed by atoms with van der Waals surface area (Å²) in [6.45, 7) is 3.75. The summed E-state index contributed by atoms with van der Waals surface area (Å²) in [7, 11) is 1.75. The number of piperidine rings is 1. The van der Waals surface area contributed by atoms with Gasteiger partial charge in [-0.15, -0.1) is 0 Å². The van der Waals surface area contributed by atoms with E-state index >= 15 is 0 Å². The van der Waals surface area contributed by atoms with E-state index in [9.17, 15) is 9.59 Å². The molecule has 0 unspecified atom stereocenters. The normalized spacial score (nSPS) is 26.4. The maximum Gasteiger partial charge on any atom is 0.254 e. The van der Waals surface area contributed by atoms with E-state index in [1.807, 2.05) is 35.2 Å². The zero-order chi connectivity index (χ0) is 16.4. The lowest BCUT2D eigenvalue weighted by molar-refractivity contribution is -0.168. The molecule has 3 rings (SSSR count). The first-order valence-corrected chi connectivity index (χ1v) is 8.29. The van der Waals surface area contributed by atoms with E-state index in [2.05, 4.69) is 6.92 Å². The Morgan fingerprint density at radius 3 is 2.48 bits per heavy atom. The molecular formula is C18H24N2O3. The van der Waals surface area contributed by atoms with Gasteiger partial charge in [-0.2, -0.15) is 0 Å². The highest BCUT2D eigenvalue weighted by Crippen LogP contribution is 2.31. The Balaban J connectivity index is 1.83. The van der Waals surface area contributed by atoms with Gasteiger partial charge in [-0.1, -0.05) is 37.3 Å². The van der Waals surface area contributed by atoms with Crippen LogP contribution in [0.2, 0.25) is 0 Å². The van der Waals surface area contributed by atoms with Gasteiger partial charge in [0.1, 0.15) is 6.61 Å². The van der Waals surface area contributed by atoms with Crippen LogP contribution in [0.15, 0.2) is 30.3 Å². The highest BCUT2D eigenvalue weighted by molar-refractivity contribution is 5.86. The first-order valence-electron chi connectivity index (χ1n) is 8.29. The highest BCUT2D eigenvalue weighted by Gasteiger charge is 2.42. The topological polar surface area (TPSA) is 49.9 Å². The minimum absolute atomic E-state index is 0.00473. The third-order valence-corrected chi connectivity index (χ3v) is 4.96. The zero-order valence-electron chi connectivity index (χ0n) is 13.8. The lowest BCUT2D eigenvalue weighted by Crippen LogP contribution is -2.54. The molecule has 0 saturated carbocycles. The van der Waals surface area contributed by atoms with E-state index in [0.29, 0.717) is 5.92 Å². The molecule has 2 saturated heterocycles. The van der Waals surface area contributed by atoms with Crippen LogP contribution in [0.25, 0.3) is 0 Å². The average Bonchev–Trinajstić information content (AvgIpc) is 2.58. The number of ether oxygens (including phenoxy) is 1. The monoisotopic (exact) mass is 316 g/mol. The van der Waals surface area contributed by atoms with Gasteiger partial charge in [0.2, 0.25) is 5.91 Å². The number of hydrogen-bond donors (Lipinski definition) is 0. The van der Waals surface area contributed by atoms with Gasteiger partial charge >= 0.3 is 0 Å². The lowest BCUT2D eigenvalue weighted by Gasteiger charge is -2.41. The van der Waals surface area contributed by atoms with Crippen molar-refractivity contribution in [3.8, 4) is 0 Å². The number of carbonyl (C=O) groups is 2. The van der Waals surface area contributed by atoms with Crippen molar-refractivity contribution in [2.75, 3.05) is 26.7 Å². The number of morpholine rings is 1. The molecule has 0 bridgehead atoms. The summed E-state index contributed by atoms with van der Waals surface area (Å²) < 4.78 is 5.69. The Kier molecular flexibility index (Phi) is 4.66. The Hall–Kier alpha value is -1.88. The van der Waals surface area contributed by atoms with Crippen molar-refractivity contribution >= 4 is 11.8 Å². The fourth-order valence-electron chi connectivity index (χ4n) is 3.38. The van der Waals surface area contributed by atoms with Crippen LogP contribution in [0.1, 0.15) is 31.4 Å². The van der Waals surface area contributed by atoms with Crippen LogP contribution < -0.4 is 0 Å². The quantitative estimate of drug-likeness (QED) is 0.836. The molecule has 0 spiro atoms. The standard InChI is InChI=1S/C18H24N2O3/c1-13-8-10-20(11-9-13)18(22)17-16(14-6-4-3-5-7-14)19(2)15(21)12-23-17/h3-7,13,16-17H,8-12H2,1-2H3/t16-,17-/m1/s1. The zero-order valence-corrected chi connectivity index (χ0v) is 13.8. The molecule has 2 amide bonds. The molecule has 0 aromatic heterocycles. The number of rotatable bonds is 2. The molecule has 1 aromatic carbocycles. The van der Waals surface area contributed by atoms with Gasteiger partial charge in [-0.25, -0.2) is 0 Å². The molecule has 0 radical (unpaired) electrons. The lowest BCUT2D eigenvalue weighted by atomic mass is 9.95. The van der Waals surface area contributed by atoms with Crippen molar-refractivity contribution in [2.45, 2.75) is 31.9 Å². The Labute approximate surface area is 137 Å². The van der Waals surface area contributed by atoms with Crippen LogP contribution in [0.3, 0.4) is 0 Å². The number of hydrogen-bond acceptors (Lipinski definition) is 3. The number of nitrogens with zero attached hydrogens (tertiary/aromatic N) is 2. The Morgan fingerprint density at radius 1 is 1.17 bits per heavy atom. The first-order chi connectivity index (χ1) is 11.1. The molecular weight excluding hydrogens is 292 g/mol. The molecule has 2 aliphatic heterocycles. The summed E-state index contributed by atoms with van der Waals surface area (Å²) in [6, 6.07) is 9.31. The first kappa shape index (κ1) is 16.0. The molecule has 0 aliphatic carbocycles. The van der Waals surface area contributed by atoms with Gasteiger partial charge in [0.15, 0.2) is 6.10 Å². The van der Waals surface area contributed by atoms with Crippen LogP contribution >= 0.6 is 0 Å². The highest BCUT2D eigenvalue weighted by atomic mass is 16.5. The number of benzene rings is 1. The summed E-state index contributed by atoms with van der Waals surface area (Å²) in [5, 5.41) is 0. The molecule has 23 heavy (non-hydrogen) atoms. The van der Waals surface area contributed by atoms with Crippen LogP contribution in [0.4, 0.5) is 0 Å². The van der Waals surface area contributed by atoms with Crippen molar-refractivity contribution in [1.82, 2.24) is 9.80 Å². The van der Waals surface area contributed by atoms with E-state index in [1.54, 1.807) is 11.9 Å². The molecule has 124 valence electrons. The van der Waals surface area contributed by atoms with Gasteiger partial charge in [0.05, 0.1) is 6.04 Å². The third kappa shape index (κ3) is 3.24. The minimum atomic E-state index is -0.617. The molecule has 5 nitrogen and oxygen atoms in total. The number of likely N-dealkylation sites (N-methyl/N-ethyl adjacent to an activating group) is 1. The summed E-state index contributed by atoms with van der Waals surface area (Å²) in [4.78, 5) is 28.5. The maximum absolute atomic E-state index is 13.0. The Morgan fingerprint density at radius 2 is 1.83 bits per heavy atom. The van der Waals surface area contributed by atoms with Crippen molar-refractivity contribution in [1.29, 1.82) is 0 Å². The van der Waals surface area contributed by atoms with E-state index in [1.165, 1.54) is 0 Å². The SMILES string of the molecule is CC1CCN(C(=O)[C@@H]2OCC(=O)N(C)[C@@H]2c2ccccc2)CC1. The van der Waals surface area contributed by atoms with E-state index < -0.39 is 6.10 Å². The van der Waals surface area contributed by atoms with Crippen molar-refractivity contribution in [3.63, 3.8) is 0 Å². The number of likely N-dealkylation sites (tertiary alicyclic amines) is 1. The van der Waals surface area contributed by atoms with Gasteiger partial charge in [-0.05, 0) is 24.3 Å². The second-order valence-electron chi connectivity index (χ2n) is 6.60. The third-order valence-electron chi connectivity index (χ3n) is 4.96. The Bertz CT molecular complexity index is 567. The van der Waals surface area contributed by atoms with Crippen LogP contribution in [0.5, 0.6) is 0 Å². The summed E-state index contributed by atoms with van der Waals surface area (Å²) >= 11 is 0. The molecule has 2 heterocycles. The van der Waals surface area contributed by atoms with Crippen LogP contribution in [-0.2, 0) is 14.3 Å². The van der Waals surface area contributed by atoms with Gasteiger partial charge in [-0.3, -0.25) is 9.59 Å².